The summed E-state index contributed by atoms with van der Waals surface area (Å²) in [4.78, 5) is 17.0. The van der Waals surface area contributed by atoms with E-state index in [1.807, 2.05) is 54.8 Å². The average molecular weight is 324 g/mol. The number of amides is 1. The minimum atomic E-state index is -0.181. The van der Waals surface area contributed by atoms with Crippen LogP contribution in [0.5, 0.6) is 5.75 Å². The number of hydrogen-bond donors (Lipinski definition) is 1. The number of anilines is 1. The van der Waals surface area contributed by atoms with Gasteiger partial charge in [-0.2, -0.15) is 0 Å². The smallest absolute Gasteiger partial charge is 0.269 e. The molecule has 116 valence electrons. The molecule has 0 fully saturated rings. The van der Waals surface area contributed by atoms with Crippen molar-refractivity contribution >= 4 is 22.9 Å². The molecule has 0 saturated carbocycles. The number of carbonyl (C=O) groups is 1. The van der Waals surface area contributed by atoms with Crippen LogP contribution in [0, 0.1) is 6.92 Å². The molecular weight excluding hydrogens is 308 g/mol. The number of nitrogens with zero attached hydrogens (tertiary/aromatic N) is 1. The maximum absolute atomic E-state index is 12.5. The third-order valence-corrected chi connectivity index (χ3v) is 4.25. The quantitative estimate of drug-likeness (QED) is 0.762. The highest BCUT2D eigenvalue weighted by Gasteiger charge is 2.15. The van der Waals surface area contributed by atoms with Crippen molar-refractivity contribution in [3.63, 3.8) is 0 Å². The van der Waals surface area contributed by atoms with E-state index in [-0.39, 0.29) is 5.91 Å². The van der Waals surface area contributed by atoms with Gasteiger partial charge >= 0.3 is 0 Å². The number of pyridine rings is 1. The van der Waals surface area contributed by atoms with Crippen molar-refractivity contribution < 1.29 is 9.53 Å². The maximum Gasteiger partial charge on any atom is 0.269 e. The first-order chi connectivity index (χ1) is 11.2. The molecular formula is C18H16N2O2S. The fraction of sp³-hybridized carbons (Fsp3) is 0.111. The lowest BCUT2D eigenvalue weighted by molar-refractivity contribution is 0.102. The lowest BCUT2D eigenvalue weighted by Crippen LogP contribution is -2.12. The summed E-state index contributed by atoms with van der Waals surface area (Å²) in [6.07, 6.45) is 3.34. The molecule has 2 heterocycles. The van der Waals surface area contributed by atoms with Crippen LogP contribution in [-0.2, 0) is 6.61 Å². The molecule has 23 heavy (non-hydrogen) atoms. The molecule has 0 aliphatic carbocycles. The van der Waals surface area contributed by atoms with E-state index in [1.54, 1.807) is 12.4 Å². The summed E-state index contributed by atoms with van der Waals surface area (Å²) >= 11 is 1.36. The van der Waals surface area contributed by atoms with Crippen LogP contribution in [0.25, 0.3) is 0 Å². The third kappa shape index (κ3) is 3.76. The van der Waals surface area contributed by atoms with Crippen molar-refractivity contribution in [3.05, 3.63) is 76.2 Å². The lowest BCUT2D eigenvalue weighted by Gasteiger charge is -2.09. The molecule has 0 aliphatic rings. The van der Waals surface area contributed by atoms with Gasteiger partial charge in [0.1, 0.15) is 17.2 Å². The zero-order chi connectivity index (χ0) is 16.1. The van der Waals surface area contributed by atoms with E-state index in [0.29, 0.717) is 22.9 Å². The Kier molecular flexibility index (Phi) is 4.68. The van der Waals surface area contributed by atoms with Crippen molar-refractivity contribution in [1.29, 1.82) is 0 Å². The molecule has 0 saturated heterocycles. The number of thiophene rings is 1. The van der Waals surface area contributed by atoms with Gasteiger partial charge in [-0.15, -0.1) is 11.3 Å². The SMILES string of the molecule is Cc1ccncc1NC(=O)c1sccc1OCc1ccccc1. The van der Waals surface area contributed by atoms with Crippen molar-refractivity contribution in [3.8, 4) is 5.75 Å². The van der Waals surface area contributed by atoms with Gasteiger partial charge in [-0.1, -0.05) is 30.3 Å². The van der Waals surface area contributed by atoms with Gasteiger partial charge in [0.2, 0.25) is 0 Å². The van der Waals surface area contributed by atoms with Crippen LogP contribution in [0.3, 0.4) is 0 Å². The first kappa shape index (κ1) is 15.2. The monoisotopic (exact) mass is 324 g/mol. The van der Waals surface area contributed by atoms with Crippen LogP contribution in [0.1, 0.15) is 20.8 Å². The van der Waals surface area contributed by atoms with Gasteiger partial charge in [0.15, 0.2) is 0 Å². The van der Waals surface area contributed by atoms with Crippen LogP contribution in [-0.4, -0.2) is 10.9 Å². The predicted molar refractivity (Wildman–Crippen MR) is 92.0 cm³/mol. The molecule has 0 unspecified atom stereocenters. The van der Waals surface area contributed by atoms with Crippen LogP contribution >= 0.6 is 11.3 Å². The summed E-state index contributed by atoms with van der Waals surface area (Å²) in [5, 5.41) is 4.73. The molecule has 1 aromatic carbocycles. The van der Waals surface area contributed by atoms with E-state index in [4.69, 9.17) is 4.74 Å². The summed E-state index contributed by atoms with van der Waals surface area (Å²) in [5.74, 6) is 0.414. The van der Waals surface area contributed by atoms with Crippen molar-refractivity contribution in [2.45, 2.75) is 13.5 Å². The predicted octanol–water partition coefficient (Wildman–Crippen LogP) is 4.28. The zero-order valence-corrected chi connectivity index (χ0v) is 13.5. The van der Waals surface area contributed by atoms with Gasteiger partial charge < -0.3 is 10.1 Å². The molecule has 1 N–H and O–H groups in total. The van der Waals surface area contributed by atoms with E-state index >= 15 is 0 Å². The van der Waals surface area contributed by atoms with Crippen molar-refractivity contribution in [2.75, 3.05) is 5.32 Å². The van der Waals surface area contributed by atoms with E-state index in [2.05, 4.69) is 10.3 Å². The Hall–Kier alpha value is -2.66. The van der Waals surface area contributed by atoms with Crippen LogP contribution in [0.2, 0.25) is 0 Å². The summed E-state index contributed by atoms with van der Waals surface area (Å²) in [6, 6.07) is 13.5. The van der Waals surface area contributed by atoms with E-state index in [1.165, 1.54) is 11.3 Å². The Morgan fingerprint density at radius 1 is 1.22 bits per heavy atom. The normalized spacial score (nSPS) is 10.3. The molecule has 3 rings (SSSR count). The molecule has 2 aromatic heterocycles. The molecule has 0 bridgehead atoms. The second-order valence-electron chi connectivity index (χ2n) is 5.03. The standard InChI is InChI=1S/C18H16N2O2S/c1-13-7-9-19-11-15(13)20-18(21)17-16(8-10-23-17)22-12-14-5-3-2-4-6-14/h2-11H,12H2,1H3,(H,20,21). The number of benzene rings is 1. The van der Waals surface area contributed by atoms with E-state index in [9.17, 15) is 4.79 Å². The Labute approximate surface area is 138 Å². The number of aryl methyl sites for hydroxylation is 1. The molecule has 4 nitrogen and oxygen atoms in total. The minimum absolute atomic E-state index is 0.181. The topological polar surface area (TPSA) is 51.2 Å². The van der Waals surface area contributed by atoms with Crippen molar-refractivity contribution in [1.82, 2.24) is 4.98 Å². The number of aromatic nitrogens is 1. The lowest BCUT2D eigenvalue weighted by atomic mass is 10.2. The van der Waals surface area contributed by atoms with E-state index < -0.39 is 0 Å². The molecule has 0 atom stereocenters. The number of rotatable bonds is 5. The molecule has 0 radical (unpaired) electrons. The highest BCUT2D eigenvalue weighted by atomic mass is 32.1. The summed E-state index contributed by atoms with van der Waals surface area (Å²) in [6.45, 7) is 2.36. The van der Waals surface area contributed by atoms with Crippen LogP contribution in [0.15, 0.2) is 60.2 Å². The van der Waals surface area contributed by atoms with Gasteiger partial charge in [-0.05, 0) is 35.6 Å². The fourth-order valence-electron chi connectivity index (χ4n) is 2.09. The maximum atomic E-state index is 12.5. The van der Waals surface area contributed by atoms with Gasteiger partial charge in [-0.25, -0.2) is 0 Å². The molecule has 5 heteroatoms. The van der Waals surface area contributed by atoms with Gasteiger partial charge in [0.05, 0.1) is 11.9 Å². The second-order valence-corrected chi connectivity index (χ2v) is 5.95. The number of ether oxygens (including phenoxy) is 1. The zero-order valence-electron chi connectivity index (χ0n) is 12.7. The average Bonchev–Trinajstić information content (AvgIpc) is 3.05. The van der Waals surface area contributed by atoms with Crippen LogP contribution in [0.4, 0.5) is 5.69 Å². The van der Waals surface area contributed by atoms with Crippen molar-refractivity contribution in [2.24, 2.45) is 0 Å². The second kappa shape index (κ2) is 7.07. The van der Waals surface area contributed by atoms with Gasteiger partial charge in [0, 0.05) is 6.20 Å². The number of carbonyl (C=O) groups excluding carboxylic acids is 1. The number of hydrogen-bond acceptors (Lipinski definition) is 4. The van der Waals surface area contributed by atoms with Gasteiger partial charge in [-0.3, -0.25) is 9.78 Å². The molecule has 0 spiro atoms. The third-order valence-electron chi connectivity index (χ3n) is 3.36. The van der Waals surface area contributed by atoms with Gasteiger partial charge in [0.25, 0.3) is 5.91 Å². The Morgan fingerprint density at radius 3 is 2.83 bits per heavy atom. The molecule has 0 aliphatic heterocycles. The van der Waals surface area contributed by atoms with E-state index in [0.717, 1.165) is 11.1 Å². The highest BCUT2D eigenvalue weighted by Crippen LogP contribution is 2.27. The Morgan fingerprint density at radius 2 is 2.04 bits per heavy atom. The Balaban J connectivity index is 1.70. The first-order valence-corrected chi connectivity index (χ1v) is 8.08. The molecule has 3 aromatic rings. The Bertz CT molecular complexity index is 800. The van der Waals surface area contributed by atoms with Crippen LogP contribution < -0.4 is 10.1 Å². The highest BCUT2D eigenvalue weighted by molar-refractivity contribution is 7.12. The summed E-state index contributed by atoms with van der Waals surface area (Å²) in [5.41, 5.74) is 2.74. The number of nitrogens with one attached hydrogen (secondary N) is 1. The summed E-state index contributed by atoms with van der Waals surface area (Å²) in [7, 11) is 0. The minimum Gasteiger partial charge on any atom is -0.487 e. The first-order valence-electron chi connectivity index (χ1n) is 7.20. The summed E-state index contributed by atoms with van der Waals surface area (Å²) < 4.78 is 5.79. The largest absolute Gasteiger partial charge is 0.487 e. The molecule has 1 amide bonds. The fourth-order valence-corrected chi connectivity index (χ4v) is 2.81.